The molecule has 4 heteroatoms. The third-order valence-electron chi connectivity index (χ3n) is 2.72. The number of aromatic nitrogens is 2. The summed E-state index contributed by atoms with van der Waals surface area (Å²) in [6, 6.07) is 4.62. The van der Waals surface area contributed by atoms with Gasteiger partial charge in [-0.25, -0.2) is 14.4 Å². The predicted octanol–water partition coefficient (Wildman–Crippen LogP) is 3.41. The van der Waals surface area contributed by atoms with Crippen molar-refractivity contribution in [1.82, 2.24) is 9.97 Å². The van der Waals surface area contributed by atoms with Crippen LogP contribution >= 0.6 is 0 Å². The minimum atomic E-state index is -0.304. The first-order chi connectivity index (χ1) is 8.63. The lowest BCUT2D eigenvalue weighted by atomic mass is 9.98. The highest BCUT2D eigenvalue weighted by atomic mass is 19.1. The molecule has 3 nitrogen and oxygen atoms in total. The number of ether oxygens (including phenoxy) is 1. The van der Waals surface area contributed by atoms with E-state index in [0.717, 1.165) is 5.56 Å². The highest BCUT2D eigenvalue weighted by molar-refractivity contribution is 5.67. The molecule has 1 aromatic carbocycles. The van der Waals surface area contributed by atoms with E-state index in [1.807, 2.05) is 13.8 Å². The molecule has 0 aliphatic rings. The monoisotopic (exact) mass is 246 g/mol. The van der Waals surface area contributed by atoms with Crippen molar-refractivity contribution >= 4 is 0 Å². The van der Waals surface area contributed by atoms with E-state index in [1.165, 1.54) is 12.1 Å². The molecule has 1 aromatic heterocycles. The van der Waals surface area contributed by atoms with Crippen LogP contribution in [0.4, 0.5) is 4.39 Å². The van der Waals surface area contributed by atoms with Gasteiger partial charge in [-0.2, -0.15) is 0 Å². The minimum absolute atomic E-state index is 0.165. The summed E-state index contributed by atoms with van der Waals surface area (Å²) in [5.41, 5.74) is 1.40. The third kappa shape index (κ3) is 2.32. The van der Waals surface area contributed by atoms with Crippen LogP contribution in [0, 0.1) is 5.82 Å². The summed E-state index contributed by atoms with van der Waals surface area (Å²) in [5.74, 6) is 0.966. The minimum Gasteiger partial charge on any atom is -0.496 e. The Morgan fingerprint density at radius 3 is 2.39 bits per heavy atom. The molecule has 2 aromatic rings. The highest BCUT2D eigenvalue weighted by Crippen LogP contribution is 2.35. The molecule has 0 N–H and O–H groups in total. The zero-order chi connectivity index (χ0) is 13.1. The summed E-state index contributed by atoms with van der Waals surface area (Å²) in [7, 11) is 1.57. The van der Waals surface area contributed by atoms with Crippen molar-refractivity contribution in [1.29, 1.82) is 0 Å². The van der Waals surface area contributed by atoms with Crippen molar-refractivity contribution < 1.29 is 9.13 Å². The van der Waals surface area contributed by atoms with Gasteiger partial charge in [0.2, 0.25) is 0 Å². The normalized spacial score (nSPS) is 10.7. The molecule has 18 heavy (non-hydrogen) atoms. The summed E-state index contributed by atoms with van der Waals surface area (Å²) in [6.45, 7) is 3.99. The molecule has 94 valence electrons. The molecule has 0 radical (unpaired) electrons. The molecule has 0 fully saturated rings. The standard InChI is InChI=1S/C14H15FN2O/c1-9(2)11-7-10(15)8-12(13(11)18-3)14-16-5-4-6-17-14/h4-9H,1-3H3. The zero-order valence-electron chi connectivity index (χ0n) is 10.6. The summed E-state index contributed by atoms with van der Waals surface area (Å²) >= 11 is 0. The third-order valence-corrected chi connectivity index (χ3v) is 2.72. The van der Waals surface area contributed by atoms with E-state index in [2.05, 4.69) is 9.97 Å². The van der Waals surface area contributed by atoms with Gasteiger partial charge in [-0.05, 0) is 24.1 Å². The Morgan fingerprint density at radius 1 is 1.17 bits per heavy atom. The lowest BCUT2D eigenvalue weighted by Gasteiger charge is -2.15. The Bertz CT molecular complexity index is 541. The Balaban J connectivity index is 2.67. The maximum absolute atomic E-state index is 13.7. The molecule has 0 unspecified atom stereocenters. The van der Waals surface area contributed by atoms with E-state index >= 15 is 0 Å². The maximum atomic E-state index is 13.7. The predicted molar refractivity (Wildman–Crippen MR) is 68.1 cm³/mol. The van der Waals surface area contributed by atoms with Crippen molar-refractivity contribution in [3.8, 4) is 17.1 Å². The van der Waals surface area contributed by atoms with Gasteiger partial charge in [0, 0.05) is 18.0 Å². The second kappa shape index (κ2) is 5.12. The molecule has 0 saturated heterocycles. The van der Waals surface area contributed by atoms with Crippen molar-refractivity contribution in [2.24, 2.45) is 0 Å². The molecule has 0 aliphatic heterocycles. The van der Waals surface area contributed by atoms with Crippen LogP contribution < -0.4 is 4.74 Å². The molecular weight excluding hydrogens is 231 g/mol. The second-order valence-corrected chi connectivity index (χ2v) is 4.30. The lowest BCUT2D eigenvalue weighted by molar-refractivity contribution is 0.407. The number of hydrogen-bond acceptors (Lipinski definition) is 3. The number of nitrogens with zero attached hydrogens (tertiary/aromatic N) is 2. The average molecular weight is 246 g/mol. The molecule has 0 atom stereocenters. The maximum Gasteiger partial charge on any atom is 0.162 e. The molecular formula is C14H15FN2O. The van der Waals surface area contributed by atoms with Crippen LogP contribution in [0.15, 0.2) is 30.6 Å². The van der Waals surface area contributed by atoms with Crippen LogP contribution in [0.1, 0.15) is 25.3 Å². The van der Waals surface area contributed by atoms with Gasteiger partial charge in [0.05, 0.1) is 12.7 Å². The van der Waals surface area contributed by atoms with Crippen molar-refractivity contribution in [3.63, 3.8) is 0 Å². The van der Waals surface area contributed by atoms with Crippen LogP contribution in [0.3, 0.4) is 0 Å². The van der Waals surface area contributed by atoms with E-state index < -0.39 is 0 Å². The van der Waals surface area contributed by atoms with Crippen molar-refractivity contribution in [3.05, 3.63) is 42.0 Å². The summed E-state index contributed by atoms with van der Waals surface area (Å²) in [4.78, 5) is 8.28. The molecule has 2 rings (SSSR count). The van der Waals surface area contributed by atoms with Gasteiger partial charge in [-0.15, -0.1) is 0 Å². The van der Waals surface area contributed by atoms with Gasteiger partial charge >= 0.3 is 0 Å². The number of hydrogen-bond donors (Lipinski definition) is 0. The lowest BCUT2D eigenvalue weighted by Crippen LogP contribution is -2.00. The fourth-order valence-corrected chi connectivity index (χ4v) is 1.88. The van der Waals surface area contributed by atoms with E-state index in [0.29, 0.717) is 17.1 Å². The van der Waals surface area contributed by atoms with Gasteiger partial charge < -0.3 is 4.74 Å². The van der Waals surface area contributed by atoms with Crippen LogP contribution in [-0.4, -0.2) is 17.1 Å². The highest BCUT2D eigenvalue weighted by Gasteiger charge is 2.17. The number of benzene rings is 1. The van der Waals surface area contributed by atoms with Crippen LogP contribution in [0.25, 0.3) is 11.4 Å². The zero-order valence-corrected chi connectivity index (χ0v) is 10.6. The van der Waals surface area contributed by atoms with E-state index in [-0.39, 0.29) is 11.7 Å². The Hall–Kier alpha value is -1.97. The van der Waals surface area contributed by atoms with Gasteiger partial charge in [0.15, 0.2) is 5.82 Å². The topological polar surface area (TPSA) is 35.0 Å². The summed E-state index contributed by atoms with van der Waals surface area (Å²) in [6.07, 6.45) is 3.25. The first kappa shape index (κ1) is 12.5. The SMILES string of the molecule is COc1c(-c2ncccn2)cc(F)cc1C(C)C. The Kier molecular flexibility index (Phi) is 3.55. The Morgan fingerprint density at radius 2 is 1.83 bits per heavy atom. The van der Waals surface area contributed by atoms with E-state index in [4.69, 9.17) is 4.74 Å². The molecule has 0 aliphatic carbocycles. The summed E-state index contributed by atoms with van der Waals surface area (Å²) in [5, 5.41) is 0. The first-order valence-electron chi connectivity index (χ1n) is 5.78. The van der Waals surface area contributed by atoms with Crippen LogP contribution in [0.5, 0.6) is 5.75 Å². The molecule has 0 bridgehead atoms. The van der Waals surface area contributed by atoms with Crippen LogP contribution in [-0.2, 0) is 0 Å². The number of methoxy groups -OCH3 is 1. The van der Waals surface area contributed by atoms with Gasteiger partial charge in [0.25, 0.3) is 0 Å². The van der Waals surface area contributed by atoms with Gasteiger partial charge in [-0.3, -0.25) is 0 Å². The fraction of sp³-hybridized carbons (Fsp3) is 0.286. The fourth-order valence-electron chi connectivity index (χ4n) is 1.88. The number of halogens is 1. The van der Waals surface area contributed by atoms with Crippen molar-refractivity contribution in [2.45, 2.75) is 19.8 Å². The van der Waals surface area contributed by atoms with Crippen molar-refractivity contribution in [2.75, 3.05) is 7.11 Å². The second-order valence-electron chi connectivity index (χ2n) is 4.30. The van der Waals surface area contributed by atoms with Gasteiger partial charge in [-0.1, -0.05) is 13.8 Å². The van der Waals surface area contributed by atoms with Crippen LogP contribution in [0.2, 0.25) is 0 Å². The molecule has 0 saturated carbocycles. The molecule has 1 heterocycles. The van der Waals surface area contributed by atoms with Gasteiger partial charge in [0.1, 0.15) is 11.6 Å². The van der Waals surface area contributed by atoms with E-state index in [1.54, 1.807) is 25.6 Å². The number of rotatable bonds is 3. The first-order valence-corrected chi connectivity index (χ1v) is 5.78. The Labute approximate surface area is 106 Å². The van der Waals surface area contributed by atoms with E-state index in [9.17, 15) is 4.39 Å². The molecule has 0 amide bonds. The molecule has 0 spiro atoms. The average Bonchev–Trinajstić information content (AvgIpc) is 2.38. The largest absolute Gasteiger partial charge is 0.496 e. The summed E-state index contributed by atoms with van der Waals surface area (Å²) < 4.78 is 19.1. The smallest absolute Gasteiger partial charge is 0.162 e. The quantitative estimate of drug-likeness (QED) is 0.832.